The molecular formula is C26H30N6O4. The highest BCUT2D eigenvalue weighted by Gasteiger charge is 2.15. The lowest BCUT2D eigenvalue weighted by molar-refractivity contribution is 0.0951. The van der Waals surface area contributed by atoms with Gasteiger partial charge in [0.05, 0.1) is 27.5 Å². The summed E-state index contributed by atoms with van der Waals surface area (Å²) in [4.78, 5) is 19.4. The first kappa shape index (κ1) is 24.8. The van der Waals surface area contributed by atoms with E-state index in [0.29, 0.717) is 40.8 Å². The van der Waals surface area contributed by atoms with Crippen molar-refractivity contribution >= 4 is 23.1 Å². The molecule has 0 bridgehead atoms. The lowest BCUT2D eigenvalue weighted by Crippen LogP contribution is -2.31. The molecule has 188 valence electrons. The number of hydrogen-bond donors (Lipinski definition) is 2. The standard InChI is InChI=1S/C26H30N6O4/c1-31(2)12-10-27-26(33)18-8-6-7-17(13-18)20-16-28-32-11-9-23(30-25(20)32)29-19-14-21(34-3)24(36-5)22(15-19)35-4/h6-9,11,13-16H,10,12H2,1-5H3,(H,27,33)(H,29,30). The van der Waals surface area contributed by atoms with Gasteiger partial charge in [-0.2, -0.15) is 5.10 Å². The molecule has 36 heavy (non-hydrogen) atoms. The largest absolute Gasteiger partial charge is 0.493 e. The SMILES string of the molecule is COc1cc(Nc2ccn3ncc(-c4cccc(C(=O)NCCN(C)C)c4)c3n2)cc(OC)c1OC. The first-order valence-corrected chi connectivity index (χ1v) is 11.4. The number of carbonyl (C=O) groups excluding carboxylic acids is 1. The fourth-order valence-electron chi connectivity index (χ4n) is 3.77. The van der Waals surface area contributed by atoms with Gasteiger partial charge in [0, 0.05) is 48.2 Å². The van der Waals surface area contributed by atoms with E-state index in [9.17, 15) is 4.79 Å². The Kier molecular flexibility index (Phi) is 7.55. The van der Waals surface area contributed by atoms with Crippen molar-refractivity contribution in [2.45, 2.75) is 0 Å². The second-order valence-electron chi connectivity index (χ2n) is 8.32. The van der Waals surface area contributed by atoms with Gasteiger partial charge in [0.1, 0.15) is 5.82 Å². The van der Waals surface area contributed by atoms with E-state index in [2.05, 4.69) is 15.7 Å². The third-order valence-electron chi connectivity index (χ3n) is 5.59. The number of methoxy groups -OCH3 is 3. The summed E-state index contributed by atoms with van der Waals surface area (Å²) in [5.74, 6) is 2.07. The van der Waals surface area contributed by atoms with Crippen LogP contribution in [0.15, 0.2) is 54.9 Å². The van der Waals surface area contributed by atoms with Crippen molar-refractivity contribution in [3.8, 4) is 28.4 Å². The maximum absolute atomic E-state index is 12.6. The summed E-state index contributed by atoms with van der Waals surface area (Å²) in [5.41, 5.74) is 3.61. The Bertz CT molecular complexity index is 1340. The lowest BCUT2D eigenvalue weighted by atomic mass is 10.1. The number of nitrogens with zero attached hydrogens (tertiary/aromatic N) is 4. The summed E-state index contributed by atoms with van der Waals surface area (Å²) in [6.45, 7) is 1.34. The minimum Gasteiger partial charge on any atom is -0.493 e. The number of amides is 1. The van der Waals surface area contributed by atoms with Crippen LogP contribution >= 0.6 is 0 Å². The fourth-order valence-corrected chi connectivity index (χ4v) is 3.77. The number of carbonyl (C=O) groups is 1. The summed E-state index contributed by atoms with van der Waals surface area (Å²) in [6.07, 6.45) is 3.57. The molecule has 0 spiro atoms. The van der Waals surface area contributed by atoms with Crippen LogP contribution in [0.5, 0.6) is 17.2 Å². The highest BCUT2D eigenvalue weighted by atomic mass is 16.5. The van der Waals surface area contributed by atoms with Crippen molar-refractivity contribution in [3.05, 3.63) is 60.4 Å². The average Bonchev–Trinajstić information content (AvgIpc) is 3.31. The molecule has 4 aromatic rings. The quantitative estimate of drug-likeness (QED) is 0.349. The first-order valence-electron chi connectivity index (χ1n) is 11.4. The molecule has 10 nitrogen and oxygen atoms in total. The van der Waals surface area contributed by atoms with Crippen LogP contribution in [0.1, 0.15) is 10.4 Å². The second-order valence-corrected chi connectivity index (χ2v) is 8.32. The molecular weight excluding hydrogens is 460 g/mol. The molecule has 2 aromatic carbocycles. The molecule has 2 heterocycles. The highest BCUT2D eigenvalue weighted by Crippen LogP contribution is 2.40. The molecule has 0 atom stereocenters. The molecule has 0 unspecified atom stereocenters. The Hall–Kier alpha value is -4.31. The third kappa shape index (κ3) is 5.33. The molecule has 4 rings (SSSR count). The molecule has 0 aliphatic rings. The topological polar surface area (TPSA) is 102 Å². The zero-order valence-corrected chi connectivity index (χ0v) is 21.0. The van der Waals surface area contributed by atoms with Crippen LogP contribution in [0.3, 0.4) is 0 Å². The number of ether oxygens (including phenoxy) is 3. The van der Waals surface area contributed by atoms with Crippen LogP contribution in [-0.2, 0) is 0 Å². The van der Waals surface area contributed by atoms with Crippen molar-refractivity contribution in [3.63, 3.8) is 0 Å². The fraction of sp³-hybridized carbons (Fsp3) is 0.269. The van der Waals surface area contributed by atoms with Crippen LogP contribution in [0, 0.1) is 0 Å². The Morgan fingerprint density at radius 1 is 1.03 bits per heavy atom. The van der Waals surface area contributed by atoms with E-state index in [0.717, 1.165) is 23.4 Å². The summed E-state index contributed by atoms with van der Waals surface area (Å²) in [7, 11) is 8.64. The Labute approximate surface area is 209 Å². The minimum absolute atomic E-state index is 0.118. The number of benzene rings is 2. The molecule has 0 radical (unpaired) electrons. The summed E-state index contributed by atoms with van der Waals surface area (Å²) >= 11 is 0. The molecule has 0 aliphatic heterocycles. The first-order chi connectivity index (χ1) is 17.4. The van der Waals surface area contributed by atoms with Gasteiger partial charge in [-0.25, -0.2) is 9.50 Å². The predicted molar refractivity (Wildman–Crippen MR) is 139 cm³/mol. The maximum Gasteiger partial charge on any atom is 0.251 e. The summed E-state index contributed by atoms with van der Waals surface area (Å²) < 4.78 is 18.0. The van der Waals surface area contributed by atoms with Crippen LogP contribution in [-0.4, -0.2) is 73.9 Å². The van der Waals surface area contributed by atoms with Crippen LogP contribution in [0.4, 0.5) is 11.5 Å². The number of fused-ring (bicyclic) bond motifs is 1. The van der Waals surface area contributed by atoms with E-state index in [-0.39, 0.29) is 5.91 Å². The van der Waals surface area contributed by atoms with E-state index in [1.54, 1.807) is 38.1 Å². The summed E-state index contributed by atoms with van der Waals surface area (Å²) in [6, 6.07) is 12.9. The van der Waals surface area contributed by atoms with Crippen LogP contribution in [0.2, 0.25) is 0 Å². The Balaban J connectivity index is 1.62. The smallest absolute Gasteiger partial charge is 0.251 e. The molecule has 0 saturated carbocycles. The molecule has 2 N–H and O–H groups in total. The molecule has 10 heteroatoms. The van der Waals surface area contributed by atoms with Gasteiger partial charge in [-0.3, -0.25) is 4.79 Å². The zero-order valence-electron chi connectivity index (χ0n) is 21.0. The van der Waals surface area contributed by atoms with E-state index in [1.165, 1.54) is 0 Å². The summed E-state index contributed by atoms with van der Waals surface area (Å²) in [5, 5.41) is 10.7. The number of likely N-dealkylation sites (N-methyl/N-ethyl adjacent to an activating group) is 1. The molecule has 0 saturated heterocycles. The monoisotopic (exact) mass is 490 g/mol. The van der Waals surface area contributed by atoms with Crippen molar-refractivity contribution in [2.24, 2.45) is 0 Å². The number of rotatable bonds is 10. The number of anilines is 2. The Morgan fingerprint density at radius 2 is 1.78 bits per heavy atom. The number of hydrogen-bond acceptors (Lipinski definition) is 8. The van der Waals surface area contributed by atoms with Gasteiger partial charge in [-0.15, -0.1) is 0 Å². The van der Waals surface area contributed by atoms with Crippen LogP contribution in [0.25, 0.3) is 16.8 Å². The molecule has 0 aliphatic carbocycles. The average molecular weight is 491 g/mol. The van der Waals surface area contributed by atoms with Gasteiger partial charge >= 0.3 is 0 Å². The molecule has 2 aromatic heterocycles. The normalized spacial score (nSPS) is 10.9. The van der Waals surface area contributed by atoms with E-state index < -0.39 is 0 Å². The van der Waals surface area contributed by atoms with Crippen molar-refractivity contribution in [1.29, 1.82) is 0 Å². The van der Waals surface area contributed by atoms with Gasteiger partial charge in [0.15, 0.2) is 17.1 Å². The van der Waals surface area contributed by atoms with Gasteiger partial charge in [0.25, 0.3) is 5.91 Å². The van der Waals surface area contributed by atoms with Crippen molar-refractivity contribution in [2.75, 3.05) is 53.8 Å². The van der Waals surface area contributed by atoms with Crippen molar-refractivity contribution < 1.29 is 19.0 Å². The van der Waals surface area contributed by atoms with E-state index in [1.807, 2.05) is 61.6 Å². The molecule has 1 amide bonds. The molecule has 0 fully saturated rings. The number of aromatic nitrogens is 3. The van der Waals surface area contributed by atoms with Crippen molar-refractivity contribution in [1.82, 2.24) is 24.8 Å². The third-order valence-corrected chi connectivity index (χ3v) is 5.59. The van der Waals surface area contributed by atoms with Gasteiger partial charge in [0.2, 0.25) is 5.75 Å². The number of nitrogens with one attached hydrogen (secondary N) is 2. The van der Waals surface area contributed by atoms with E-state index in [4.69, 9.17) is 19.2 Å². The maximum atomic E-state index is 12.6. The van der Waals surface area contributed by atoms with Gasteiger partial charge < -0.3 is 29.7 Å². The highest BCUT2D eigenvalue weighted by molar-refractivity contribution is 5.96. The van der Waals surface area contributed by atoms with Gasteiger partial charge in [-0.05, 0) is 37.9 Å². The second kappa shape index (κ2) is 11.0. The van der Waals surface area contributed by atoms with Gasteiger partial charge in [-0.1, -0.05) is 12.1 Å². The lowest BCUT2D eigenvalue weighted by Gasteiger charge is -2.15. The Morgan fingerprint density at radius 3 is 2.44 bits per heavy atom. The zero-order chi connectivity index (χ0) is 25.7. The van der Waals surface area contributed by atoms with Crippen LogP contribution < -0.4 is 24.8 Å². The van der Waals surface area contributed by atoms with E-state index >= 15 is 0 Å². The predicted octanol–water partition coefficient (Wildman–Crippen LogP) is 3.46. The minimum atomic E-state index is -0.118.